The van der Waals surface area contributed by atoms with Gasteiger partial charge in [-0.15, -0.1) is 0 Å². The lowest BCUT2D eigenvalue weighted by atomic mass is 10.1. The Kier molecular flexibility index (Phi) is 3.51. The van der Waals surface area contributed by atoms with Gasteiger partial charge in [-0.1, -0.05) is 13.0 Å². The lowest BCUT2D eigenvalue weighted by Gasteiger charge is -2.10. The summed E-state index contributed by atoms with van der Waals surface area (Å²) in [5.74, 6) is 0. The average molecular weight is 254 g/mol. The molecule has 1 aliphatic carbocycles. The number of sulfonamides is 1. The number of nitrogens with one attached hydrogen (secondary N) is 1. The minimum atomic E-state index is -3.36. The van der Waals surface area contributed by atoms with Crippen LogP contribution in [0, 0.1) is 0 Å². The van der Waals surface area contributed by atoms with E-state index >= 15 is 0 Å². The van der Waals surface area contributed by atoms with Crippen molar-refractivity contribution in [3.8, 4) is 0 Å². The molecular weight excluding hydrogens is 236 g/mol. The Hall–Kier alpha value is -0.910. The number of nitrogens with two attached hydrogens (primary N) is 1. The smallest absolute Gasteiger partial charge is 0.240 e. The number of hydrogen-bond acceptors (Lipinski definition) is 3. The predicted molar refractivity (Wildman–Crippen MR) is 67.1 cm³/mol. The van der Waals surface area contributed by atoms with Gasteiger partial charge in [-0.3, -0.25) is 0 Å². The molecule has 0 saturated heterocycles. The van der Waals surface area contributed by atoms with Crippen LogP contribution >= 0.6 is 0 Å². The SMILES string of the molecule is CCc1ccc(S(=O)(=O)NC2CC2)cc1CN. The van der Waals surface area contributed by atoms with Gasteiger partial charge in [0.1, 0.15) is 0 Å². The van der Waals surface area contributed by atoms with Crippen LogP contribution in [0.25, 0.3) is 0 Å². The van der Waals surface area contributed by atoms with Crippen LogP contribution in [-0.4, -0.2) is 14.5 Å². The first-order valence-corrected chi connectivity index (χ1v) is 7.39. The quantitative estimate of drug-likeness (QED) is 0.828. The molecule has 0 aromatic heterocycles. The molecule has 5 heteroatoms. The van der Waals surface area contributed by atoms with Gasteiger partial charge in [0.2, 0.25) is 10.0 Å². The number of rotatable bonds is 5. The van der Waals surface area contributed by atoms with E-state index in [-0.39, 0.29) is 6.04 Å². The lowest BCUT2D eigenvalue weighted by molar-refractivity contribution is 0.581. The van der Waals surface area contributed by atoms with Gasteiger partial charge in [0.25, 0.3) is 0 Å². The van der Waals surface area contributed by atoms with Gasteiger partial charge in [-0.05, 0) is 42.5 Å². The van der Waals surface area contributed by atoms with E-state index in [1.165, 1.54) is 0 Å². The highest BCUT2D eigenvalue weighted by molar-refractivity contribution is 7.89. The van der Waals surface area contributed by atoms with E-state index in [2.05, 4.69) is 4.72 Å². The maximum atomic E-state index is 12.0. The molecule has 1 fully saturated rings. The zero-order valence-electron chi connectivity index (χ0n) is 9.94. The Morgan fingerprint density at radius 2 is 2.06 bits per heavy atom. The molecule has 0 bridgehead atoms. The molecule has 3 N–H and O–H groups in total. The van der Waals surface area contributed by atoms with Crippen LogP contribution < -0.4 is 10.5 Å². The fraction of sp³-hybridized carbons (Fsp3) is 0.500. The first-order chi connectivity index (χ1) is 8.06. The molecule has 4 nitrogen and oxygen atoms in total. The number of benzene rings is 1. The molecule has 1 aliphatic rings. The van der Waals surface area contributed by atoms with Gasteiger partial charge >= 0.3 is 0 Å². The zero-order chi connectivity index (χ0) is 12.5. The first-order valence-electron chi connectivity index (χ1n) is 5.91. The van der Waals surface area contributed by atoms with Crippen LogP contribution in [0.5, 0.6) is 0 Å². The summed E-state index contributed by atoms with van der Waals surface area (Å²) in [6.45, 7) is 2.40. The fourth-order valence-corrected chi connectivity index (χ4v) is 3.15. The molecule has 0 aliphatic heterocycles. The van der Waals surface area contributed by atoms with Crippen LogP contribution in [-0.2, 0) is 23.0 Å². The summed E-state index contributed by atoms with van der Waals surface area (Å²) in [4.78, 5) is 0.321. The topological polar surface area (TPSA) is 72.2 Å². The van der Waals surface area contributed by atoms with Crippen molar-refractivity contribution >= 4 is 10.0 Å². The molecule has 0 atom stereocenters. The van der Waals surface area contributed by atoms with E-state index in [0.717, 1.165) is 30.4 Å². The van der Waals surface area contributed by atoms with Crippen molar-refractivity contribution in [2.45, 2.75) is 43.7 Å². The van der Waals surface area contributed by atoms with E-state index in [4.69, 9.17) is 5.73 Å². The molecule has 0 spiro atoms. The van der Waals surface area contributed by atoms with Gasteiger partial charge < -0.3 is 5.73 Å². The van der Waals surface area contributed by atoms with Gasteiger partial charge in [-0.2, -0.15) is 0 Å². The summed E-state index contributed by atoms with van der Waals surface area (Å²) in [6, 6.07) is 5.32. The van der Waals surface area contributed by atoms with Crippen molar-refractivity contribution in [2.24, 2.45) is 5.73 Å². The highest BCUT2D eigenvalue weighted by Crippen LogP contribution is 2.23. The highest BCUT2D eigenvalue weighted by Gasteiger charge is 2.28. The summed E-state index contributed by atoms with van der Waals surface area (Å²) in [7, 11) is -3.36. The van der Waals surface area contributed by atoms with Gasteiger partial charge in [0, 0.05) is 12.6 Å². The van der Waals surface area contributed by atoms with Gasteiger partial charge in [0.15, 0.2) is 0 Å². The van der Waals surface area contributed by atoms with Crippen LogP contribution in [0.15, 0.2) is 23.1 Å². The molecule has 0 radical (unpaired) electrons. The van der Waals surface area contributed by atoms with Crippen molar-refractivity contribution in [3.05, 3.63) is 29.3 Å². The third kappa shape index (κ3) is 2.86. The second-order valence-electron chi connectivity index (χ2n) is 4.38. The Balaban J connectivity index is 2.31. The molecule has 17 heavy (non-hydrogen) atoms. The van der Waals surface area contributed by atoms with Crippen LogP contribution in [0.1, 0.15) is 30.9 Å². The normalized spacial score (nSPS) is 16.1. The summed E-state index contributed by atoms with van der Waals surface area (Å²) in [6.07, 6.45) is 2.74. The van der Waals surface area contributed by atoms with Crippen molar-refractivity contribution < 1.29 is 8.42 Å². The predicted octanol–water partition coefficient (Wildman–Crippen LogP) is 1.15. The highest BCUT2D eigenvalue weighted by atomic mass is 32.2. The van der Waals surface area contributed by atoms with E-state index < -0.39 is 10.0 Å². The van der Waals surface area contributed by atoms with Crippen molar-refractivity contribution in [2.75, 3.05) is 0 Å². The van der Waals surface area contributed by atoms with E-state index in [1.807, 2.05) is 13.0 Å². The van der Waals surface area contributed by atoms with Crippen molar-refractivity contribution in [3.63, 3.8) is 0 Å². The van der Waals surface area contributed by atoms with Crippen LogP contribution in [0.4, 0.5) is 0 Å². The Labute approximate surface area is 102 Å². The summed E-state index contributed by atoms with van der Waals surface area (Å²) >= 11 is 0. The second kappa shape index (κ2) is 4.76. The average Bonchev–Trinajstić information content (AvgIpc) is 3.11. The maximum Gasteiger partial charge on any atom is 0.240 e. The minimum Gasteiger partial charge on any atom is -0.326 e. The Morgan fingerprint density at radius 1 is 1.35 bits per heavy atom. The monoisotopic (exact) mass is 254 g/mol. The molecular formula is C12H18N2O2S. The Morgan fingerprint density at radius 3 is 2.59 bits per heavy atom. The molecule has 0 heterocycles. The van der Waals surface area contributed by atoms with Crippen LogP contribution in [0.3, 0.4) is 0 Å². The van der Waals surface area contributed by atoms with E-state index in [1.54, 1.807) is 12.1 Å². The lowest BCUT2D eigenvalue weighted by Crippen LogP contribution is -2.26. The van der Waals surface area contributed by atoms with Gasteiger partial charge in [-0.25, -0.2) is 13.1 Å². The van der Waals surface area contributed by atoms with E-state index in [9.17, 15) is 8.42 Å². The molecule has 1 aromatic carbocycles. The third-order valence-electron chi connectivity index (χ3n) is 2.99. The Bertz CT molecular complexity index is 507. The maximum absolute atomic E-state index is 12.0. The zero-order valence-corrected chi connectivity index (χ0v) is 10.8. The molecule has 0 amide bonds. The van der Waals surface area contributed by atoms with Crippen molar-refractivity contribution in [1.29, 1.82) is 0 Å². The summed E-state index contributed by atoms with van der Waals surface area (Å²) in [5.41, 5.74) is 7.65. The second-order valence-corrected chi connectivity index (χ2v) is 6.10. The third-order valence-corrected chi connectivity index (χ3v) is 4.51. The molecule has 1 saturated carbocycles. The van der Waals surface area contributed by atoms with Crippen molar-refractivity contribution in [1.82, 2.24) is 4.72 Å². The van der Waals surface area contributed by atoms with Crippen LogP contribution in [0.2, 0.25) is 0 Å². The summed E-state index contributed by atoms with van der Waals surface area (Å²) < 4.78 is 26.7. The largest absolute Gasteiger partial charge is 0.326 e. The number of aryl methyl sites for hydroxylation is 1. The summed E-state index contributed by atoms with van der Waals surface area (Å²) in [5, 5.41) is 0. The first kappa shape index (κ1) is 12.5. The standard InChI is InChI=1S/C12H18N2O2S/c1-2-9-3-6-12(7-10(9)8-13)17(15,16)14-11-4-5-11/h3,6-7,11,14H,2,4-5,8,13H2,1H3. The molecule has 0 unspecified atom stereocenters. The van der Waals surface area contributed by atoms with Gasteiger partial charge in [0.05, 0.1) is 4.90 Å². The molecule has 1 aromatic rings. The molecule has 2 rings (SSSR count). The fourth-order valence-electron chi connectivity index (χ4n) is 1.79. The number of hydrogen-bond donors (Lipinski definition) is 2. The minimum absolute atomic E-state index is 0.132. The molecule has 94 valence electrons. The van der Waals surface area contributed by atoms with E-state index in [0.29, 0.717) is 11.4 Å².